The number of carbonyl (C=O) groups excluding carboxylic acids is 2. The van der Waals surface area contributed by atoms with Crippen molar-refractivity contribution >= 4 is 34.7 Å². The number of nitrogens with zero attached hydrogens (tertiary/aromatic N) is 1. The van der Waals surface area contributed by atoms with Gasteiger partial charge in [-0.1, -0.05) is 23.7 Å². The number of nitrogens with one attached hydrogen (secondary N) is 1. The molecule has 0 bridgehead atoms. The van der Waals surface area contributed by atoms with E-state index in [0.29, 0.717) is 33.5 Å². The lowest BCUT2D eigenvalue weighted by Gasteiger charge is -2.19. The van der Waals surface area contributed by atoms with Crippen LogP contribution in [0.5, 0.6) is 17.2 Å². The van der Waals surface area contributed by atoms with Gasteiger partial charge >= 0.3 is 0 Å². The summed E-state index contributed by atoms with van der Waals surface area (Å²) >= 11 is 5.99. The minimum atomic E-state index is -0.409. The number of ether oxygens (including phenoxy) is 3. The van der Waals surface area contributed by atoms with Crippen LogP contribution < -0.4 is 19.5 Å². The zero-order chi connectivity index (χ0) is 22.0. The standard InChI is InChI=1S/C22H23ClN2O5/c1-12(2)25-21(26)18(13-6-8-14(23)9-7-13)19(22(25)27)24-15-10-16(28-3)20(30-5)17(11-15)29-4/h6-12,24H,1-5H3. The number of hydrogen-bond acceptors (Lipinski definition) is 6. The Labute approximate surface area is 180 Å². The SMILES string of the molecule is COc1cc(NC2=C(c3ccc(Cl)cc3)C(=O)N(C(C)C)C2=O)cc(OC)c1OC. The topological polar surface area (TPSA) is 77.1 Å². The van der Waals surface area contributed by atoms with Crippen LogP contribution in [-0.2, 0) is 9.59 Å². The Morgan fingerprint density at radius 1 is 0.900 bits per heavy atom. The van der Waals surface area contributed by atoms with E-state index >= 15 is 0 Å². The summed E-state index contributed by atoms with van der Waals surface area (Å²) in [6.45, 7) is 3.58. The Kier molecular flexibility index (Phi) is 6.22. The van der Waals surface area contributed by atoms with Gasteiger partial charge in [0, 0.05) is 28.9 Å². The van der Waals surface area contributed by atoms with Crippen LogP contribution in [0.3, 0.4) is 0 Å². The van der Waals surface area contributed by atoms with Gasteiger partial charge in [-0.05, 0) is 31.5 Å². The van der Waals surface area contributed by atoms with Gasteiger partial charge < -0.3 is 19.5 Å². The van der Waals surface area contributed by atoms with E-state index in [2.05, 4.69) is 5.32 Å². The van der Waals surface area contributed by atoms with Crippen molar-refractivity contribution in [2.24, 2.45) is 0 Å². The highest BCUT2D eigenvalue weighted by molar-refractivity contribution is 6.37. The van der Waals surface area contributed by atoms with E-state index in [0.717, 1.165) is 0 Å². The predicted molar refractivity (Wildman–Crippen MR) is 115 cm³/mol. The van der Waals surface area contributed by atoms with Crippen molar-refractivity contribution < 1.29 is 23.8 Å². The van der Waals surface area contributed by atoms with Crippen molar-refractivity contribution in [2.45, 2.75) is 19.9 Å². The molecule has 1 heterocycles. The molecule has 0 atom stereocenters. The second kappa shape index (κ2) is 8.67. The van der Waals surface area contributed by atoms with E-state index in [1.54, 1.807) is 50.2 Å². The molecule has 3 rings (SSSR count). The molecule has 0 fully saturated rings. The lowest BCUT2D eigenvalue weighted by Crippen LogP contribution is -2.38. The molecule has 0 unspecified atom stereocenters. The second-order valence-electron chi connectivity index (χ2n) is 6.87. The minimum Gasteiger partial charge on any atom is -0.493 e. The van der Waals surface area contributed by atoms with Gasteiger partial charge in [-0.25, -0.2) is 0 Å². The predicted octanol–water partition coefficient (Wildman–Crippen LogP) is 3.97. The van der Waals surface area contributed by atoms with Gasteiger partial charge in [0.15, 0.2) is 11.5 Å². The number of hydrogen-bond donors (Lipinski definition) is 1. The maximum Gasteiger partial charge on any atom is 0.278 e. The van der Waals surface area contributed by atoms with Crippen LogP contribution >= 0.6 is 11.6 Å². The van der Waals surface area contributed by atoms with Crippen molar-refractivity contribution in [3.8, 4) is 17.2 Å². The first-order chi connectivity index (χ1) is 14.3. The maximum atomic E-state index is 13.1. The highest BCUT2D eigenvalue weighted by Crippen LogP contribution is 2.41. The molecule has 1 aliphatic rings. The molecule has 1 N–H and O–H groups in total. The average Bonchev–Trinajstić information content (AvgIpc) is 2.97. The van der Waals surface area contributed by atoms with E-state index in [4.69, 9.17) is 25.8 Å². The minimum absolute atomic E-state index is 0.172. The number of amides is 2. The van der Waals surface area contributed by atoms with Crippen molar-refractivity contribution in [3.05, 3.63) is 52.7 Å². The summed E-state index contributed by atoms with van der Waals surface area (Å²) in [6.07, 6.45) is 0. The van der Waals surface area contributed by atoms with Gasteiger partial charge in [-0.3, -0.25) is 14.5 Å². The largest absolute Gasteiger partial charge is 0.493 e. The number of imide groups is 1. The van der Waals surface area contributed by atoms with Gasteiger partial charge in [-0.15, -0.1) is 0 Å². The summed E-state index contributed by atoms with van der Waals surface area (Å²) in [4.78, 5) is 27.4. The van der Waals surface area contributed by atoms with Crippen molar-refractivity contribution in [3.63, 3.8) is 0 Å². The number of methoxy groups -OCH3 is 3. The van der Waals surface area contributed by atoms with Gasteiger partial charge in [0.25, 0.3) is 11.8 Å². The number of anilines is 1. The molecule has 0 saturated heterocycles. The summed E-state index contributed by atoms with van der Waals surface area (Å²) in [7, 11) is 4.52. The van der Waals surface area contributed by atoms with E-state index in [1.807, 2.05) is 0 Å². The van der Waals surface area contributed by atoms with Crippen LogP contribution in [0.4, 0.5) is 5.69 Å². The summed E-state index contributed by atoms with van der Waals surface area (Å²) in [5.41, 5.74) is 1.55. The van der Waals surface area contributed by atoms with Gasteiger partial charge in [-0.2, -0.15) is 0 Å². The lowest BCUT2D eigenvalue weighted by molar-refractivity contribution is -0.138. The molecule has 0 spiro atoms. The smallest absolute Gasteiger partial charge is 0.278 e. The molecule has 2 aromatic rings. The average molecular weight is 431 g/mol. The van der Waals surface area contributed by atoms with Crippen LogP contribution in [0.2, 0.25) is 5.02 Å². The van der Waals surface area contributed by atoms with Gasteiger partial charge in [0.05, 0.1) is 26.9 Å². The Morgan fingerprint density at radius 2 is 1.47 bits per heavy atom. The monoisotopic (exact) mass is 430 g/mol. The van der Waals surface area contributed by atoms with Gasteiger partial charge in [0.1, 0.15) is 5.70 Å². The molecule has 1 aliphatic heterocycles. The fourth-order valence-corrected chi connectivity index (χ4v) is 3.44. The fourth-order valence-electron chi connectivity index (χ4n) is 3.31. The number of halogens is 1. The van der Waals surface area contributed by atoms with Crippen molar-refractivity contribution in [2.75, 3.05) is 26.6 Å². The second-order valence-corrected chi connectivity index (χ2v) is 7.31. The summed E-state index contributed by atoms with van der Waals surface area (Å²) in [5, 5.41) is 3.63. The molecule has 0 saturated carbocycles. The third-order valence-electron chi connectivity index (χ3n) is 4.70. The molecule has 7 nitrogen and oxygen atoms in total. The number of benzene rings is 2. The molecule has 2 aromatic carbocycles. The first-order valence-corrected chi connectivity index (χ1v) is 9.65. The van der Waals surface area contributed by atoms with E-state index in [9.17, 15) is 9.59 Å². The fraction of sp³-hybridized carbons (Fsp3) is 0.273. The Hall–Kier alpha value is -3.19. The Balaban J connectivity index is 2.13. The number of carbonyl (C=O) groups is 2. The summed E-state index contributed by atoms with van der Waals surface area (Å²) < 4.78 is 16.1. The normalized spacial score (nSPS) is 13.9. The molecule has 8 heteroatoms. The molecular weight excluding hydrogens is 408 g/mol. The quantitative estimate of drug-likeness (QED) is 0.670. The summed E-state index contributed by atoms with van der Waals surface area (Å²) in [6, 6.07) is 9.82. The molecule has 2 amide bonds. The molecular formula is C22H23ClN2O5. The lowest BCUT2D eigenvalue weighted by atomic mass is 10.0. The molecule has 0 radical (unpaired) electrons. The van der Waals surface area contributed by atoms with Crippen LogP contribution in [0.1, 0.15) is 19.4 Å². The molecule has 0 aliphatic carbocycles. The van der Waals surface area contributed by atoms with Crippen molar-refractivity contribution in [1.82, 2.24) is 4.90 Å². The van der Waals surface area contributed by atoms with Gasteiger partial charge in [0.2, 0.25) is 5.75 Å². The molecule has 158 valence electrons. The number of rotatable bonds is 7. The zero-order valence-electron chi connectivity index (χ0n) is 17.4. The zero-order valence-corrected chi connectivity index (χ0v) is 18.2. The third kappa shape index (κ3) is 3.80. The highest BCUT2D eigenvalue weighted by Gasteiger charge is 2.40. The third-order valence-corrected chi connectivity index (χ3v) is 4.95. The Morgan fingerprint density at radius 3 is 1.93 bits per heavy atom. The van der Waals surface area contributed by atoms with Crippen LogP contribution in [0.15, 0.2) is 42.1 Å². The summed E-state index contributed by atoms with van der Waals surface area (Å²) in [5.74, 6) is 0.493. The first-order valence-electron chi connectivity index (χ1n) is 9.27. The van der Waals surface area contributed by atoms with Crippen LogP contribution in [-0.4, -0.2) is 44.1 Å². The van der Waals surface area contributed by atoms with Crippen molar-refractivity contribution in [1.29, 1.82) is 0 Å². The highest BCUT2D eigenvalue weighted by atomic mass is 35.5. The Bertz CT molecular complexity index is 990. The molecule has 0 aromatic heterocycles. The van der Waals surface area contributed by atoms with E-state index < -0.39 is 5.91 Å². The molecule has 30 heavy (non-hydrogen) atoms. The first kappa shape index (κ1) is 21.5. The van der Waals surface area contributed by atoms with E-state index in [-0.39, 0.29) is 23.2 Å². The van der Waals surface area contributed by atoms with Crippen LogP contribution in [0, 0.1) is 0 Å². The van der Waals surface area contributed by atoms with E-state index in [1.165, 1.54) is 26.2 Å². The van der Waals surface area contributed by atoms with Crippen LogP contribution in [0.25, 0.3) is 5.57 Å². The maximum absolute atomic E-state index is 13.1.